The highest BCUT2D eigenvalue weighted by Crippen LogP contribution is 2.30. The Labute approximate surface area is 170 Å². The Morgan fingerprint density at radius 1 is 1.25 bits per heavy atom. The van der Waals surface area contributed by atoms with Gasteiger partial charge in [-0.1, -0.05) is 43.6 Å². The molecule has 2 fully saturated rings. The molecule has 0 spiro atoms. The van der Waals surface area contributed by atoms with E-state index in [0.29, 0.717) is 18.1 Å². The lowest BCUT2D eigenvalue weighted by molar-refractivity contribution is -0.133. The number of rotatable bonds is 5. The first-order valence-corrected chi connectivity index (χ1v) is 9.73. The summed E-state index contributed by atoms with van der Waals surface area (Å²) in [6, 6.07) is 6.29. The predicted octanol–water partition coefficient (Wildman–Crippen LogP) is 2.03. The van der Waals surface area contributed by atoms with Gasteiger partial charge in [-0.05, 0) is 11.6 Å². The molecule has 1 aromatic rings. The molecule has 0 radical (unpaired) electrons. The fourth-order valence-electron chi connectivity index (χ4n) is 3.85. The van der Waals surface area contributed by atoms with E-state index in [2.05, 4.69) is 0 Å². The van der Waals surface area contributed by atoms with Crippen molar-refractivity contribution in [1.29, 1.82) is 0 Å². The van der Waals surface area contributed by atoms with Crippen molar-refractivity contribution >= 4 is 29.4 Å². The first-order valence-electron chi connectivity index (χ1n) is 9.35. The molecule has 2 saturated heterocycles. The zero-order valence-electron chi connectivity index (χ0n) is 16.5. The molecule has 4 amide bonds. The fourth-order valence-corrected chi connectivity index (χ4v) is 4.05. The van der Waals surface area contributed by atoms with E-state index in [1.807, 2.05) is 32.0 Å². The Kier molecular flexibility index (Phi) is 5.95. The number of urea groups is 1. The van der Waals surface area contributed by atoms with Gasteiger partial charge in [0.15, 0.2) is 0 Å². The third-order valence-corrected chi connectivity index (χ3v) is 5.55. The van der Waals surface area contributed by atoms with E-state index in [1.165, 1.54) is 12.0 Å². The molecule has 0 N–H and O–H groups in total. The summed E-state index contributed by atoms with van der Waals surface area (Å²) < 4.78 is 5.01. The molecule has 8 heteroatoms. The molecule has 0 aliphatic carbocycles. The molecule has 2 aliphatic heterocycles. The van der Waals surface area contributed by atoms with Crippen molar-refractivity contribution in [3.63, 3.8) is 0 Å². The molecule has 7 nitrogen and oxygen atoms in total. The van der Waals surface area contributed by atoms with Crippen LogP contribution in [0.25, 0.3) is 0 Å². The van der Waals surface area contributed by atoms with Crippen LogP contribution in [0.15, 0.2) is 24.3 Å². The smallest absolute Gasteiger partial charge is 0.327 e. The minimum absolute atomic E-state index is 0.0985. The van der Waals surface area contributed by atoms with Crippen LogP contribution in [0.4, 0.5) is 4.79 Å². The third-order valence-electron chi connectivity index (χ3n) is 5.19. The molecule has 2 heterocycles. The van der Waals surface area contributed by atoms with Crippen LogP contribution in [0.2, 0.25) is 5.02 Å². The molecule has 28 heavy (non-hydrogen) atoms. The molecule has 0 aromatic heterocycles. The van der Waals surface area contributed by atoms with Crippen LogP contribution in [0.3, 0.4) is 0 Å². The van der Waals surface area contributed by atoms with Crippen molar-refractivity contribution in [3.8, 4) is 0 Å². The summed E-state index contributed by atoms with van der Waals surface area (Å²) >= 11 is 6.20. The molecular weight excluding hydrogens is 382 g/mol. The maximum Gasteiger partial charge on any atom is 0.327 e. The number of ether oxygens (including phenoxy) is 1. The van der Waals surface area contributed by atoms with E-state index >= 15 is 0 Å². The van der Waals surface area contributed by atoms with Gasteiger partial charge in [0.05, 0.1) is 26.1 Å². The second-order valence-electron chi connectivity index (χ2n) is 8.12. The summed E-state index contributed by atoms with van der Waals surface area (Å²) in [5.74, 6) is -0.367. The summed E-state index contributed by atoms with van der Waals surface area (Å²) in [7, 11) is 1.53. The molecule has 0 bridgehead atoms. The average Bonchev–Trinajstić information content (AvgIpc) is 2.77. The number of fused-ring (bicyclic) bond motifs is 1. The lowest BCUT2D eigenvalue weighted by Gasteiger charge is -2.30. The summed E-state index contributed by atoms with van der Waals surface area (Å²) in [6.45, 7) is 5.59. The number of benzene rings is 1. The van der Waals surface area contributed by atoms with Gasteiger partial charge in [0, 0.05) is 30.6 Å². The number of halogens is 1. The van der Waals surface area contributed by atoms with E-state index in [1.54, 1.807) is 15.9 Å². The molecule has 0 saturated carbocycles. The van der Waals surface area contributed by atoms with Crippen LogP contribution < -0.4 is 0 Å². The maximum absolute atomic E-state index is 13.0. The van der Waals surface area contributed by atoms with Gasteiger partial charge in [-0.25, -0.2) is 4.79 Å². The molecule has 1 atom stereocenters. The molecular formula is C20H26ClN3O4. The molecule has 3 rings (SSSR count). The third kappa shape index (κ3) is 4.15. The van der Waals surface area contributed by atoms with Crippen molar-refractivity contribution in [1.82, 2.24) is 14.7 Å². The van der Waals surface area contributed by atoms with Crippen LogP contribution in [-0.2, 0) is 20.7 Å². The average molecular weight is 408 g/mol. The number of hydrogen-bond acceptors (Lipinski definition) is 4. The van der Waals surface area contributed by atoms with E-state index in [9.17, 15) is 14.4 Å². The highest BCUT2D eigenvalue weighted by Gasteiger charge is 2.49. The van der Waals surface area contributed by atoms with Gasteiger partial charge in [-0.3, -0.25) is 14.5 Å². The number of amides is 4. The predicted molar refractivity (Wildman–Crippen MR) is 105 cm³/mol. The van der Waals surface area contributed by atoms with Crippen molar-refractivity contribution in [2.75, 3.05) is 39.9 Å². The highest BCUT2D eigenvalue weighted by molar-refractivity contribution is 6.31. The Morgan fingerprint density at radius 2 is 1.96 bits per heavy atom. The lowest BCUT2D eigenvalue weighted by atomic mass is 9.92. The Morgan fingerprint density at radius 3 is 2.64 bits per heavy atom. The van der Waals surface area contributed by atoms with Crippen LogP contribution >= 0.6 is 11.6 Å². The molecule has 152 valence electrons. The van der Waals surface area contributed by atoms with Crippen LogP contribution in [0, 0.1) is 5.41 Å². The van der Waals surface area contributed by atoms with Crippen LogP contribution in [0.5, 0.6) is 0 Å². The van der Waals surface area contributed by atoms with Gasteiger partial charge < -0.3 is 14.5 Å². The van der Waals surface area contributed by atoms with E-state index in [-0.39, 0.29) is 49.4 Å². The van der Waals surface area contributed by atoms with Gasteiger partial charge in [-0.15, -0.1) is 0 Å². The zero-order chi connectivity index (χ0) is 20.5. The van der Waals surface area contributed by atoms with Crippen molar-refractivity contribution < 1.29 is 19.1 Å². The molecule has 2 aliphatic rings. The van der Waals surface area contributed by atoms with E-state index in [4.69, 9.17) is 16.3 Å². The van der Waals surface area contributed by atoms with Crippen LogP contribution in [-0.4, -0.2) is 78.5 Å². The van der Waals surface area contributed by atoms with Crippen molar-refractivity contribution in [3.05, 3.63) is 34.9 Å². The van der Waals surface area contributed by atoms with Crippen molar-refractivity contribution in [2.24, 2.45) is 5.41 Å². The minimum atomic E-state index is -0.652. The SMILES string of the molecule is COCCN1C(=O)C2CN(C(=O)Cc3ccccc3Cl)CC(C)(C)CN2C1=O. The van der Waals surface area contributed by atoms with Crippen LogP contribution in [0.1, 0.15) is 19.4 Å². The lowest BCUT2D eigenvalue weighted by Crippen LogP contribution is -2.44. The fraction of sp³-hybridized carbons (Fsp3) is 0.550. The van der Waals surface area contributed by atoms with Gasteiger partial charge in [-0.2, -0.15) is 0 Å². The molecule has 1 unspecified atom stereocenters. The quantitative estimate of drug-likeness (QED) is 0.700. The topological polar surface area (TPSA) is 70.2 Å². The standard InChI is InChI=1S/C20H26ClN3O4/c1-20(2)12-22(17(25)10-14-6-4-5-7-15(14)21)11-16-18(26)23(8-9-28-3)19(27)24(16)13-20/h4-7,16H,8-13H2,1-3H3. The minimum Gasteiger partial charge on any atom is -0.383 e. The first kappa shape index (κ1) is 20.6. The Balaban J connectivity index is 1.81. The number of imide groups is 1. The normalized spacial score (nSPS) is 21.7. The van der Waals surface area contributed by atoms with E-state index in [0.717, 1.165) is 5.56 Å². The van der Waals surface area contributed by atoms with E-state index < -0.39 is 6.04 Å². The van der Waals surface area contributed by atoms with Gasteiger partial charge in [0.25, 0.3) is 5.91 Å². The van der Waals surface area contributed by atoms with Gasteiger partial charge >= 0.3 is 6.03 Å². The molecule has 1 aromatic carbocycles. The number of carbonyl (C=O) groups excluding carboxylic acids is 3. The monoisotopic (exact) mass is 407 g/mol. The summed E-state index contributed by atoms with van der Waals surface area (Å²) in [5.41, 5.74) is 0.418. The Bertz CT molecular complexity index is 782. The number of carbonyl (C=O) groups is 3. The summed E-state index contributed by atoms with van der Waals surface area (Å²) in [4.78, 5) is 43.1. The zero-order valence-corrected chi connectivity index (χ0v) is 17.2. The summed E-state index contributed by atoms with van der Waals surface area (Å²) in [6.07, 6.45) is 0.165. The van der Waals surface area contributed by atoms with Gasteiger partial charge in [0.1, 0.15) is 6.04 Å². The highest BCUT2D eigenvalue weighted by atomic mass is 35.5. The second-order valence-corrected chi connectivity index (χ2v) is 8.52. The number of methoxy groups -OCH3 is 1. The first-order chi connectivity index (χ1) is 13.2. The second kappa shape index (κ2) is 8.09. The van der Waals surface area contributed by atoms with Gasteiger partial charge in [0.2, 0.25) is 5.91 Å². The number of nitrogens with zero attached hydrogens (tertiary/aromatic N) is 3. The largest absolute Gasteiger partial charge is 0.383 e. The maximum atomic E-state index is 13.0. The van der Waals surface area contributed by atoms with Crippen molar-refractivity contribution in [2.45, 2.75) is 26.3 Å². The number of hydrogen-bond donors (Lipinski definition) is 0. The Hall–Kier alpha value is -2.12. The summed E-state index contributed by atoms with van der Waals surface area (Å²) in [5, 5.41) is 0.546.